The fourth-order valence-electron chi connectivity index (χ4n) is 5.93. The predicted octanol–water partition coefficient (Wildman–Crippen LogP) is 3.76. The fraction of sp³-hybridized carbons (Fsp3) is 0.609. The highest BCUT2D eigenvalue weighted by atomic mass is 32.1. The van der Waals surface area contributed by atoms with Gasteiger partial charge in [0.15, 0.2) is 0 Å². The molecular formula is C23H28N2O4S. The first-order valence-electron chi connectivity index (χ1n) is 11.2. The number of thiophene rings is 1. The molecule has 2 amide bonds. The lowest BCUT2D eigenvalue weighted by atomic mass is 9.82. The zero-order valence-corrected chi connectivity index (χ0v) is 17.8. The third-order valence-corrected chi connectivity index (χ3v) is 8.58. The van der Waals surface area contributed by atoms with E-state index in [1.165, 1.54) is 16.2 Å². The van der Waals surface area contributed by atoms with E-state index in [0.29, 0.717) is 10.6 Å². The summed E-state index contributed by atoms with van der Waals surface area (Å²) in [7, 11) is 0. The van der Waals surface area contributed by atoms with Crippen LogP contribution in [0.1, 0.15) is 65.7 Å². The third-order valence-electron chi connectivity index (χ3n) is 7.37. The van der Waals surface area contributed by atoms with Gasteiger partial charge in [-0.2, -0.15) is 0 Å². The molecule has 0 aliphatic heterocycles. The largest absolute Gasteiger partial charge is 0.481 e. The second-order valence-corrected chi connectivity index (χ2v) is 10.3. The van der Waals surface area contributed by atoms with E-state index in [1.807, 2.05) is 12.2 Å². The first-order valence-corrected chi connectivity index (χ1v) is 12.0. The molecule has 4 atom stereocenters. The standard InChI is InChI=1S/C23H28N2O4S/c26-20(17-12-9-10-13(11-12)18(17)23(28)29)25-22-19(15-7-3-4-8-16(15)30-22)21(27)24-14-5-1-2-6-14/h9-10,12-14,17-18H,1-8,11H2,(H,24,27)(H,25,26)(H,28,29)/t12-,13+,17-,18+/m1/s1. The van der Waals surface area contributed by atoms with Crippen molar-refractivity contribution in [1.82, 2.24) is 5.32 Å². The molecule has 1 aromatic heterocycles. The van der Waals surface area contributed by atoms with Crippen LogP contribution in [0.25, 0.3) is 0 Å². The summed E-state index contributed by atoms with van der Waals surface area (Å²) in [6, 6.07) is 0.215. The van der Waals surface area contributed by atoms with E-state index in [9.17, 15) is 19.5 Å². The zero-order valence-electron chi connectivity index (χ0n) is 17.0. The molecule has 0 spiro atoms. The van der Waals surface area contributed by atoms with E-state index in [2.05, 4.69) is 10.6 Å². The van der Waals surface area contributed by atoms with Crippen molar-refractivity contribution in [2.75, 3.05) is 5.32 Å². The number of anilines is 1. The van der Waals surface area contributed by atoms with Crippen LogP contribution < -0.4 is 10.6 Å². The molecule has 7 heteroatoms. The Morgan fingerprint density at radius 3 is 2.40 bits per heavy atom. The summed E-state index contributed by atoms with van der Waals surface area (Å²) in [5, 5.41) is 16.5. The monoisotopic (exact) mass is 428 g/mol. The van der Waals surface area contributed by atoms with Crippen molar-refractivity contribution in [2.24, 2.45) is 23.7 Å². The number of carboxylic acids is 1. The Hall–Kier alpha value is -2.15. The van der Waals surface area contributed by atoms with E-state index < -0.39 is 17.8 Å². The number of aliphatic carboxylic acids is 1. The minimum absolute atomic E-state index is 0.0264. The summed E-state index contributed by atoms with van der Waals surface area (Å²) < 4.78 is 0. The van der Waals surface area contributed by atoms with Gasteiger partial charge in [0.05, 0.1) is 17.4 Å². The van der Waals surface area contributed by atoms with Crippen LogP contribution in [0.5, 0.6) is 0 Å². The lowest BCUT2D eigenvalue weighted by Gasteiger charge is -2.24. The Bertz CT molecular complexity index is 915. The molecule has 1 aromatic rings. The molecule has 0 unspecified atom stereocenters. The molecule has 160 valence electrons. The molecule has 6 nitrogen and oxygen atoms in total. The van der Waals surface area contributed by atoms with Crippen LogP contribution >= 0.6 is 11.3 Å². The second kappa shape index (κ2) is 7.84. The van der Waals surface area contributed by atoms with E-state index in [4.69, 9.17) is 0 Å². The van der Waals surface area contributed by atoms with Crippen LogP contribution in [0.2, 0.25) is 0 Å². The lowest BCUT2D eigenvalue weighted by Crippen LogP contribution is -2.37. The van der Waals surface area contributed by atoms with Crippen LogP contribution in [0.15, 0.2) is 12.2 Å². The number of carbonyl (C=O) groups excluding carboxylic acids is 2. The minimum atomic E-state index is -0.906. The summed E-state index contributed by atoms with van der Waals surface area (Å²) >= 11 is 1.51. The minimum Gasteiger partial charge on any atom is -0.481 e. The summed E-state index contributed by atoms with van der Waals surface area (Å²) in [5.74, 6) is -2.58. The molecular weight excluding hydrogens is 400 g/mol. The Morgan fingerprint density at radius 1 is 0.967 bits per heavy atom. The number of carboxylic acid groups (broad SMARTS) is 1. The Labute approximate surface area is 180 Å². The maximum Gasteiger partial charge on any atom is 0.307 e. The van der Waals surface area contributed by atoms with Gasteiger partial charge in [-0.25, -0.2) is 0 Å². The maximum absolute atomic E-state index is 13.2. The van der Waals surface area contributed by atoms with E-state index in [1.54, 1.807) is 0 Å². The van der Waals surface area contributed by atoms with Gasteiger partial charge in [0.2, 0.25) is 5.91 Å². The molecule has 2 fully saturated rings. The first kappa shape index (κ1) is 19.8. The number of hydrogen-bond donors (Lipinski definition) is 3. The van der Waals surface area contributed by atoms with Crippen LogP contribution in [-0.4, -0.2) is 28.9 Å². The third kappa shape index (κ3) is 3.37. The van der Waals surface area contributed by atoms with Crippen molar-refractivity contribution >= 4 is 34.1 Å². The normalized spacial score (nSPS) is 29.7. The molecule has 4 aliphatic rings. The molecule has 2 saturated carbocycles. The zero-order chi connectivity index (χ0) is 20.8. The summed E-state index contributed by atoms with van der Waals surface area (Å²) in [4.78, 5) is 39.4. The molecule has 3 N–H and O–H groups in total. The van der Waals surface area contributed by atoms with Crippen molar-refractivity contribution in [3.05, 3.63) is 28.2 Å². The molecule has 0 aromatic carbocycles. The van der Waals surface area contributed by atoms with Crippen molar-refractivity contribution < 1.29 is 19.5 Å². The van der Waals surface area contributed by atoms with Gasteiger partial charge in [-0.3, -0.25) is 14.4 Å². The van der Waals surface area contributed by atoms with Crippen LogP contribution in [0.3, 0.4) is 0 Å². The van der Waals surface area contributed by atoms with Gasteiger partial charge in [-0.05, 0) is 62.3 Å². The number of rotatable bonds is 5. The van der Waals surface area contributed by atoms with Gasteiger partial charge in [0, 0.05) is 10.9 Å². The van der Waals surface area contributed by atoms with E-state index in [-0.39, 0.29) is 29.7 Å². The van der Waals surface area contributed by atoms with Crippen LogP contribution in [0.4, 0.5) is 5.00 Å². The SMILES string of the molecule is O=C(NC1CCCC1)c1c(NC(=O)[C@H]2[C@@H](C(=O)O)[C@H]3C=C[C@@H]2C3)sc2c1CCCC2. The van der Waals surface area contributed by atoms with Gasteiger partial charge < -0.3 is 15.7 Å². The number of aryl methyl sites for hydroxylation is 1. The summed E-state index contributed by atoms with van der Waals surface area (Å²) in [5.41, 5.74) is 1.71. The Balaban J connectivity index is 1.42. The first-order chi connectivity index (χ1) is 14.5. The molecule has 30 heavy (non-hydrogen) atoms. The molecule has 0 radical (unpaired) electrons. The van der Waals surface area contributed by atoms with E-state index >= 15 is 0 Å². The summed E-state index contributed by atoms with van der Waals surface area (Å²) in [6.45, 7) is 0. The fourth-order valence-corrected chi connectivity index (χ4v) is 7.22. The quantitative estimate of drug-likeness (QED) is 0.622. The van der Waals surface area contributed by atoms with Gasteiger partial charge in [-0.1, -0.05) is 25.0 Å². The molecule has 4 aliphatic carbocycles. The second-order valence-electron chi connectivity index (χ2n) is 9.20. The number of amides is 2. The Kier molecular flexibility index (Phi) is 5.17. The van der Waals surface area contributed by atoms with Crippen molar-refractivity contribution in [3.8, 4) is 0 Å². The molecule has 1 heterocycles. The lowest BCUT2D eigenvalue weighted by molar-refractivity contribution is -0.146. The predicted molar refractivity (Wildman–Crippen MR) is 115 cm³/mol. The number of nitrogens with one attached hydrogen (secondary N) is 2. The highest BCUT2D eigenvalue weighted by molar-refractivity contribution is 7.17. The smallest absolute Gasteiger partial charge is 0.307 e. The Morgan fingerprint density at radius 2 is 1.67 bits per heavy atom. The van der Waals surface area contributed by atoms with Gasteiger partial charge in [0.1, 0.15) is 5.00 Å². The van der Waals surface area contributed by atoms with Gasteiger partial charge >= 0.3 is 5.97 Å². The van der Waals surface area contributed by atoms with Gasteiger partial charge in [0.25, 0.3) is 5.91 Å². The average Bonchev–Trinajstić information content (AvgIpc) is 3.50. The van der Waals surface area contributed by atoms with Crippen molar-refractivity contribution in [2.45, 2.75) is 63.8 Å². The molecule has 0 saturated heterocycles. The van der Waals surface area contributed by atoms with Crippen molar-refractivity contribution in [3.63, 3.8) is 0 Å². The maximum atomic E-state index is 13.2. The number of carbonyl (C=O) groups is 3. The van der Waals surface area contributed by atoms with Gasteiger partial charge in [-0.15, -0.1) is 11.3 Å². The number of hydrogen-bond acceptors (Lipinski definition) is 4. The van der Waals surface area contributed by atoms with Crippen molar-refractivity contribution in [1.29, 1.82) is 0 Å². The molecule has 2 bridgehead atoms. The van der Waals surface area contributed by atoms with Crippen LogP contribution in [-0.2, 0) is 22.4 Å². The number of fused-ring (bicyclic) bond motifs is 3. The highest BCUT2D eigenvalue weighted by Crippen LogP contribution is 2.49. The number of allylic oxidation sites excluding steroid dienone is 2. The summed E-state index contributed by atoms with van der Waals surface area (Å²) in [6.07, 6.45) is 12.9. The molecule has 5 rings (SSSR count). The topological polar surface area (TPSA) is 95.5 Å². The van der Waals surface area contributed by atoms with E-state index in [0.717, 1.165) is 63.4 Å². The average molecular weight is 429 g/mol. The highest BCUT2D eigenvalue weighted by Gasteiger charge is 2.51. The van der Waals surface area contributed by atoms with Crippen LogP contribution in [0, 0.1) is 23.7 Å².